The zero-order valence-corrected chi connectivity index (χ0v) is 32.3. The third-order valence-electron chi connectivity index (χ3n) is 8.61. The zero-order chi connectivity index (χ0) is 34.2. The second-order valence-electron chi connectivity index (χ2n) is 13.6. The van der Waals surface area contributed by atoms with E-state index < -0.39 is 14.0 Å². The molecule has 0 aliphatic carbocycles. The minimum atomic E-state index is -1.23. The van der Waals surface area contributed by atoms with E-state index >= 15 is 0 Å². The van der Waals surface area contributed by atoms with E-state index in [9.17, 15) is 0 Å². The Morgan fingerprint density at radius 3 is 2.19 bits per heavy atom. The molecular weight excluding hydrogens is 781 g/mol. The maximum absolute atomic E-state index is 8.37. The van der Waals surface area contributed by atoms with E-state index in [2.05, 4.69) is 105 Å². The van der Waals surface area contributed by atoms with E-state index in [0.29, 0.717) is 0 Å². The average molecular weight is 824 g/mol. The molecule has 5 heteroatoms. The molecule has 0 aliphatic heterocycles. The van der Waals surface area contributed by atoms with Gasteiger partial charge in [0.05, 0.1) is 13.7 Å². The molecule has 0 amide bonds. The predicted octanol–water partition coefficient (Wildman–Crippen LogP) is 11.3. The van der Waals surface area contributed by atoms with Gasteiger partial charge in [-0.05, 0) is 77.6 Å². The number of benzene rings is 4. The van der Waals surface area contributed by atoms with E-state index in [-0.39, 0.29) is 20.1 Å². The van der Waals surface area contributed by atoms with Gasteiger partial charge in [0.25, 0.3) is 0 Å². The van der Waals surface area contributed by atoms with Crippen molar-refractivity contribution in [2.24, 2.45) is 0 Å². The fourth-order valence-electron chi connectivity index (χ4n) is 6.15. The first-order valence-electron chi connectivity index (χ1n) is 16.7. The van der Waals surface area contributed by atoms with E-state index in [4.69, 9.17) is 5.79 Å². The average Bonchev–Trinajstić information content (AvgIpc) is 3.42. The molecular formula is C43H42IrN2OSi-2. The van der Waals surface area contributed by atoms with Gasteiger partial charge in [-0.3, -0.25) is 0 Å². The molecule has 48 heavy (non-hydrogen) atoms. The molecule has 0 saturated carbocycles. The smallest absolute Gasteiger partial charge is 0.121 e. The number of furan rings is 1. The molecule has 0 fully saturated rings. The van der Waals surface area contributed by atoms with Gasteiger partial charge in [-0.25, -0.2) is 0 Å². The number of fused-ring (bicyclic) bond motifs is 3. The van der Waals surface area contributed by atoms with Crippen molar-refractivity contribution >= 4 is 35.2 Å². The van der Waals surface area contributed by atoms with Crippen molar-refractivity contribution in [1.29, 1.82) is 0 Å². The maximum Gasteiger partial charge on any atom is 0.121 e. The summed E-state index contributed by atoms with van der Waals surface area (Å²) >= 11 is 0. The predicted molar refractivity (Wildman–Crippen MR) is 201 cm³/mol. The molecule has 0 aliphatic rings. The standard InChI is InChI=1S/C29H26NO.C14H16NSi.Ir/c1-17(2)21-11-12-30-26(15-21)25-8-6-7-24-23-10-9-22(16-27(23)31-29(24)25)28-19(4)13-18(3)14-20(28)5;1-16(2,3)13-9-10-14(15-11-13)12-7-5-4-6-8-12;/h6-7,9-17H,1-5H3;4-7,9-11H,1-3H3;/q2*-1;/i17D;;. The summed E-state index contributed by atoms with van der Waals surface area (Å²) < 4.78 is 14.8. The van der Waals surface area contributed by atoms with Gasteiger partial charge in [-0.2, -0.15) is 0 Å². The van der Waals surface area contributed by atoms with Crippen LogP contribution in [0.15, 0.2) is 108 Å². The first kappa shape index (κ1) is 33.7. The minimum Gasteiger partial charge on any atom is -0.501 e. The summed E-state index contributed by atoms with van der Waals surface area (Å²) in [5.41, 5.74) is 12.5. The van der Waals surface area contributed by atoms with Gasteiger partial charge >= 0.3 is 0 Å². The molecule has 0 bridgehead atoms. The van der Waals surface area contributed by atoms with Crippen LogP contribution in [-0.2, 0) is 20.1 Å². The first-order chi connectivity index (χ1) is 22.8. The van der Waals surface area contributed by atoms with E-state index in [1.165, 1.54) is 27.4 Å². The molecule has 3 aromatic heterocycles. The van der Waals surface area contributed by atoms with Crippen LogP contribution >= 0.6 is 0 Å². The van der Waals surface area contributed by atoms with Crippen LogP contribution in [0.4, 0.5) is 0 Å². The van der Waals surface area contributed by atoms with Crippen LogP contribution in [0.5, 0.6) is 0 Å². The summed E-state index contributed by atoms with van der Waals surface area (Å²) in [5.74, 6) is -0.696. The molecule has 3 nitrogen and oxygen atoms in total. The van der Waals surface area contributed by atoms with Crippen LogP contribution in [0.3, 0.4) is 0 Å². The summed E-state index contributed by atoms with van der Waals surface area (Å²) in [6.07, 6.45) is 3.78. The van der Waals surface area contributed by atoms with Gasteiger partial charge in [-0.15, -0.1) is 54.1 Å². The molecule has 3 heterocycles. The van der Waals surface area contributed by atoms with Crippen molar-refractivity contribution < 1.29 is 25.9 Å². The molecule has 4 aromatic carbocycles. The van der Waals surface area contributed by atoms with E-state index in [1.54, 1.807) is 6.20 Å². The van der Waals surface area contributed by atoms with Crippen LogP contribution in [-0.4, -0.2) is 18.0 Å². The SMILES string of the molecule is C[Si](C)(C)c1ccc(-c2[c-]cccc2)nc1.[2H]C(C)(C)c1ccnc(-c2[c-]ccc3c2oc2cc(-c4c(C)cc(C)cc4C)ccc23)c1.[Ir]. The summed E-state index contributed by atoms with van der Waals surface area (Å²) in [4.78, 5) is 9.08. The number of aryl methyl sites for hydroxylation is 3. The van der Waals surface area contributed by atoms with Gasteiger partial charge in [0, 0.05) is 39.3 Å². The number of hydrogen-bond donors (Lipinski definition) is 0. The third kappa shape index (κ3) is 7.44. The molecule has 245 valence electrons. The van der Waals surface area contributed by atoms with Crippen molar-refractivity contribution in [2.75, 3.05) is 0 Å². The Balaban J connectivity index is 0.000000233. The number of aromatic nitrogens is 2. The van der Waals surface area contributed by atoms with Gasteiger partial charge in [0.2, 0.25) is 0 Å². The molecule has 0 saturated heterocycles. The molecule has 1 radical (unpaired) electrons. The number of rotatable bonds is 5. The Labute approximate surface area is 301 Å². The van der Waals surface area contributed by atoms with Crippen molar-refractivity contribution in [2.45, 2.75) is 60.2 Å². The van der Waals surface area contributed by atoms with Crippen molar-refractivity contribution in [3.63, 3.8) is 0 Å². The Morgan fingerprint density at radius 1 is 0.771 bits per heavy atom. The Kier molecular flexibility index (Phi) is 10.2. The van der Waals surface area contributed by atoms with Crippen molar-refractivity contribution in [3.8, 4) is 33.6 Å². The van der Waals surface area contributed by atoms with Crippen molar-refractivity contribution in [1.82, 2.24) is 9.97 Å². The number of nitrogens with zero attached hydrogens (tertiary/aromatic N) is 2. The molecule has 7 rings (SSSR count). The summed E-state index contributed by atoms with van der Waals surface area (Å²) in [6.45, 7) is 17.2. The van der Waals surface area contributed by atoms with Crippen LogP contribution < -0.4 is 5.19 Å². The number of pyridine rings is 2. The summed E-state index contributed by atoms with van der Waals surface area (Å²) in [6, 6.07) is 37.5. The quantitative estimate of drug-likeness (QED) is 0.128. The number of hydrogen-bond acceptors (Lipinski definition) is 3. The Morgan fingerprint density at radius 2 is 1.54 bits per heavy atom. The first-order valence-corrected chi connectivity index (χ1v) is 19.7. The van der Waals surface area contributed by atoms with Gasteiger partial charge in [0.15, 0.2) is 0 Å². The van der Waals surface area contributed by atoms with Crippen LogP contribution in [0.2, 0.25) is 19.6 Å². The normalized spacial score (nSPS) is 11.9. The van der Waals surface area contributed by atoms with Gasteiger partial charge in [0.1, 0.15) is 5.58 Å². The second-order valence-corrected chi connectivity index (χ2v) is 18.6. The molecule has 0 unspecified atom stereocenters. The van der Waals surface area contributed by atoms with E-state index in [0.717, 1.165) is 55.6 Å². The van der Waals surface area contributed by atoms with Crippen molar-refractivity contribution in [3.05, 3.63) is 138 Å². The monoisotopic (exact) mass is 824 g/mol. The van der Waals surface area contributed by atoms with Crippen LogP contribution in [0, 0.1) is 32.9 Å². The summed E-state index contributed by atoms with van der Waals surface area (Å²) in [5, 5.41) is 3.53. The zero-order valence-electron chi connectivity index (χ0n) is 30.0. The van der Waals surface area contributed by atoms with Crippen LogP contribution in [0.1, 0.15) is 43.4 Å². The van der Waals surface area contributed by atoms with Crippen LogP contribution in [0.25, 0.3) is 55.6 Å². The second kappa shape index (κ2) is 14.5. The summed E-state index contributed by atoms with van der Waals surface area (Å²) in [7, 11) is -1.23. The van der Waals surface area contributed by atoms with Gasteiger partial charge in [-0.1, -0.05) is 98.0 Å². The molecule has 7 aromatic rings. The fourth-order valence-corrected chi connectivity index (χ4v) is 7.19. The minimum absolute atomic E-state index is 0. The third-order valence-corrected chi connectivity index (χ3v) is 10.6. The molecule has 0 atom stereocenters. The fraction of sp³-hybridized carbons (Fsp3) is 0.209. The topological polar surface area (TPSA) is 38.9 Å². The van der Waals surface area contributed by atoms with E-state index in [1.807, 2.05) is 68.6 Å². The van der Waals surface area contributed by atoms with Gasteiger partial charge < -0.3 is 14.4 Å². The molecule has 0 spiro atoms. The Bertz CT molecular complexity index is 2210. The Hall–Kier alpha value is -4.15. The maximum atomic E-state index is 8.37. The molecule has 0 N–H and O–H groups in total. The largest absolute Gasteiger partial charge is 0.501 e.